The third kappa shape index (κ3) is 5.75. The summed E-state index contributed by atoms with van der Waals surface area (Å²) in [7, 11) is 0. The van der Waals surface area contributed by atoms with Crippen molar-refractivity contribution < 1.29 is 14.3 Å². The van der Waals surface area contributed by atoms with Gasteiger partial charge in [-0.05, 0) is 45.5 Å². The molecule has 0 aliphatic rings. The molecule has 1 unspecified atom stereocenters. The van der Waals surface area contributed by atoms with Crippen molar-refractivity contribution in [1.82, 2.24) is 10.2 Å². The minimum Gasteiger partial charge on any atom is -0.478 e. The maximum absolute atomic E-state index is 10.7. The maximum Gasteiger partial charge on any atom is 0.338 e. The van der Waals surface area contributed by atoms with Gasteiger partial charge >= 0.3 is 5.97 Å². The number of nitrogens with zero attached hydrogens (tertiary/aromatic N) is 1. The molecule has 0 radical (unpaired) electrons. The predicted octanol–water partition coefficient (Wildman–Crippen LogP) is 2.58. The summed E-state index contributed by atoms with van der Waals surface area (Å²) in [5.41, 5.74) is 0.205. The molecule has 1 aromatic heterocycles. The number of carboxylic acids is 1. The first-order valence-electron chi connectivity index (χ1n) is 7.33. The van der Waals surface area contributed by atoms with Gasteiger partial charge < -0.3 is 19.7 Å². The smallest absolute Gasteiger partial charge is 0.338 e. The standard InChI is InChI=1S/C15H26N2O3/c1-4-17(5-2)8-6-7-12(3)16-10-14-9-13(11-20-14)15(18)19/h9,11-12,16H,4-8,10H2,1-3H3,(H,18,19). The third-order valence-electron chi connectivity index (χ3n) is 3.53. The summed E-state index contributed by atoms with van der Waals surface area (Å²) in [6.45, 7) is 10.4. The van der Waals surface area contributed by atoms with E-state index in [1.165, 1.54) is 6.26 Å². The lowest BCUT2D eigenvalue weighted by Gasteiger charge is -2.19. The van der Waals surface area contributed by atoms with E-state index in [4.69, 9.17) is 9.52 Å². The van der Waals surface area contributed by atoms with Crippen LogP contribution in [-0.2, 0) is 6.54 Å². The van der Waals surface area contributed by atoms with Gasteiger partial charge in [-0.15, -0.1) is 0 Å². The lowest BCUT2D eigenvalue weighted by molar-refractivity contribution is 0.0696. The van der Waals surface area contributed by atoms with Crippen molar-refractivity contribution in [1.29, 1.82) is 0 Å². The molecule has 0 aliphatic heterocycles. The van der Waals surface area contributed by atoms with Crippen LogP contribution >= 0.6 is 0 Å². The van der Waals surface area contributed by atoms with Crippen molar-refractivity contribution in [3.8, 4) is 0 Å². The van der Waals surface area contributed by atoms with Crippen LogP contribution in [0.15, 0.2) is 16.7 Å². The maximum atomic E-state index is 10.7. The van der Waals surface area contributed by atoms with Crippen molar-refractivity contribution in [2.45, 2.75) is 46.2 Å². The summed E-state index contributed by atoms with van der Waals surface area (Å²) in [5.74, 6) is -0.287. The normalized spacial score (nSPS) is 12.8. The summed E-state index contributed by atoms with van der Waals surface area (Å²) < 4.78 is 5.20. The summed E-state index contributed by atoms with van der Waals surface area (Å²) in [4.78, 5) is 13.1. The molecule has 0 aromatic carbocycles. The Labute approximate surface area is 121 Å². The van der Waals surface area contributed by atoms with Crippen LogP contribution < -0.4 is 5.32 Å². The highest BCUT2D eigenvalue weighted by Gasteiger charge is 2.09. The van der Waals surface area contributed by atoms with Crippen LogP contribution in [0.4, 0.5) is 0 Å². The number of furan rings is 1. The van der Waals surface area contributed by atoms with E-state index < -0.39 is 5.97 Å². The third-order valence-corrected chi connectivity index (χ3v) is 3.53. The first kappa shape index (κ1) is 16.7. The molecular weight excluding hydrogens is 256 g/mol. The molecule has 0 amide bonds. The second-order valence-electron chi connectivity index (χ2n) is 5.06. The van der Waals surface area contributed by atoms with E-state index in [0.717, 1.165) is 32.5 Å². The van der Waals surface area contributed by atoms with Crippen molar-refractivity contribution in [2.75, 3.05) is 19.6 Å². The Bertz CT molecular complexity index is 400. The number of aromatic carboxylic acids is 1. The van der Waals surface area contributed by atoms with E-state index in [9.17, 15) is 4.79 Å². The van der Waals surface area contributed by atoms with Gasteiger partial charge in [-0.3, -0.25) is 0 Å². The second-order valence-corrected chi connectivity index (χ2v) is 5.06. The van der Waals surface area contributed by atoms with Gasteiger partial charge in [0.05, 0.1) is 12.1 Å². The Balaban J connectivity index is 2.22. The molecular formula is C15H26N2O3. The van der Waals surface area contributed by atoms with Gasteiger partial charge in [0.25, 0.3) is 0 Å². The zero-order valence-corrected chi connectivity index (χ0v) is 12.7. The van der Waals surface area contributed by atoms with Crippen LogP contribution in [0.1, 0.15) is 49.7 Å². The van der Waals surface area contributed by atoms with E-state index in [1.807, 2.05) is 0 Å². The van der Waals surface area contributed by atoms with E-state index in [-0.39, 0.29) is 5.56 Å². The zero-order valence-electron chi connectivity index (χ0n) is 12.7. The molecule has 0 fully saturated rings. The van der Waals surface area contributed by atoms with E-state index in [1.54, 1.807) is 6.07 Å². The highest BCUT2D eigenvalue weighted by atomic mass is 16.4. The Morgan fingerprint density at radius 3 is 2.70 bits per heavy atom. The van der Waals surface area contributed by atoms with Gasteiger partial charge in [-0.25, -0.2) is 4.79 Å². The monoisotopic (exact) mass is 282 g/mol. The second kappa shape index (κ2) is 8.76. The van der Waals surface area contributed by atoms with Gasteiger partial charge in [0.1, 0.15) is 12.0 Å². The van der Waals surface area contributed by atoms with Gasteiger partial charge in [-0.2, -0.15) is 0 Å². The predicted molar refractivity (Wildman–Crippen MR) is 79.0 cm³/mol. The molecule has 0 spiro atoms. The van der Waals surface area contributed by atoms with Crippen LogP contribution in [0, 0.1) is 0 Å². The van der Waals surface area contributed by atoms with Crippen LogP contribution in [0.3, 0.4) is 0 Å². The first-order chi connectivity index (χ1) is 9.56. The molecule has 1 rings (SSSR count). The van der Waals surface area contributed by atoms with Gasteiger partial charge in [0.15, 0.2) is 0 Å². The fraction of sp³-hybridized carbons (Fsp3) is 0.667. The van der Waals surface area contributed by atoms with Crippen molar-refractivity contribution in [2.24, 2.45) is 0 Å². The average Bonchev–Trinajstić information content (AvgIpc) is 2.90. The molecule has 1 heterocycles. The van der Waals surface area contributed by atoms with Gasteiger partial charge in [-0.1, -0.05) is 13.8 Å². The number of rotatable bonds is 10. The SMILES string of the molecule is CCN(CC)CCCC(C)NCc1cc(C(=O)O)co1. The fourth-order valence-electron chi connectivity index (χ4n) is 2.12. The van der Waals surface area contributed by atoms with E-state index in [2.05, 4.69) is 31.0 Å². The average molecular weight is 282 g/mol. The molecule has 1 aromatic rings. The van der Waals surface area contributed by atoms with Crippen LogP contribution in [0.2, 0.25) is 0 Å². The van der Waals surface area contributed by atoms with Gasteiger partial charge in [0, 0.05) is 6.04 Å². The molecule has 1 atom stereocenters. The number of hydrogen-bond acceptors (Lipinski definition) is 4. The molecule has 0 saturated heterocycles. The molecule has 5 nitrogen and oxygen atoms in total. The molecule has 0 aliphatic carbocycles. The van der Waals surface area contributed by atoms with Crippen molar-refractivity contribution in [3.63, 3.8) is 0 Å². The number of hydrogen-bond donors (Lipinski definition) is 2. The molecule has 20 heavy (non-hydrogen) atoms. The Morgan fingerprint density at radius 1 is 1.45 bits per heavy atom. The molecule has 5 heteroatoms. The summed E-state index contributed by atoms with van der Waals surface area (Å²) >= 11 is 0. The van der Waals surface area contributed by atoms with Crippen molar-refractivity contribution in [3.05, 3.63) is 23.7 Å². The fourth-order valence-corrected chi connectivity index (χ4v) is 2.12. The number of carbonyl (C=O) groups is 1. The number of nitrogens with one attached hydrogen (secondary N) is 1. The van der Waals surface area contributed by atoms with Crippen molar-refractivity contribution >= 4 is 5.97 Å². The largest absolute Gasteiger partial charge is 0.478 e. The van der Waals surface area contributed by atoms with Crippen LogP contribution in [0.5, 0.6) is 0 Å². The molecule has 114 valence electrons. The number of carboxylic acid groups (broad SMARTS) is 1. The topological polar surface area (TPSA) is 65.7 Å². The molecule has 0 saturated carbocycles. The zero-order chi connectivity index (χ0) is 15.0. The minimum absolute atomic E-state index is 0.205. The van der Waals surface area contributed by atoms with E-state index in [0.29, 0.717) is 18.3 Å². The van der Waals surface area contributed by atoms with E-state index >= 15 is 0 Å². The van der Waals surface area contributed by atoms with Gasteiger partial charge in [0.2, 0.25) is 0 Å². The molecule has 0 bridgehead atoms. The first-order valence-corrected chi connectivity index (χ1v) is 7.33. The quantitative estimate of drug-likeness (QED) is 0.690. The Morgan fingerprint density at radius 2 is 2.15 bits per heavy atom. The summed E-state index contributed by atoms with van der Waals surface area (Å²) in [6.07, 6.45) is 3.54. The summed E-state index contributed by atoms with van der Waals surface area (Å²) in [6, 6.07) is 1.96. The highest BCUT2D eigenvalue weighted by Crippen LogP contribution is 2.08. The van der Waals surface area contributed by atoms with Crippen LogP contribution in [0.25, 0.3) is 0 Å². The Hall–Kier alpha value is -1.33. The lowest BCUT2D eigenvalue weighted by Crippen LogP contribution is -2.28. The lowest BCUT2D eigenvalue weighted by atomic mass is 10.1. The van der Waals surface area contributed by atoms with Crippen LogP contribution in [-0.4, -0.2) is 41.7 Å². The minimum atomic E-state index is -0.952. The Kier molecular flexibility index (Phi) is 7.33. The molecule has 2 N–H and O–H groups in total. The summed E-state index contributed by atoms with van der Waals surface area (Å²) in [5, 5.41) is 12.2. The highest BCUT2D eigenvalue weighted by molar-refractivity contribution is 5.87.